The summed E-state index contributed by atoms with van der Waals surface area (Å²) in [5.74, 6) is 2.06. The molecule has 4 rings (SSSR count). The quantitative estimate of drug-likeness (QED) is 0.582. The Bertz CT molecular complexity index is 1100. The second kappa shape index (κ2) is 10.1. The van der Waals surface area contributed by atoms with E-state index in [0.717, 1.165) is 22.8 Å². The van der Waals surface area contributed by atoms with Crippen LogP contribution < -0.4 is 19.7 Å². The minimum Gasteiger partial charge on any atom is -0.497 e. The number of methoxy groups -OCH3 is 1. The number of nitrogens with zero attached hydrogens (tertiary/aromatic N) is 6. The van der Waals surface area contributed by atoms with E-state index in [1.165, 1.54) is 0 Å². The van der Waals surface area contributed by atoms with Crippen molar-refractivity contribution in [2.75, 3.05) is 50.1 Å². The van der Waals surface area contributed by atoms with Crippen LogP contribution in [-0.4, -0.2) is 70.6 Å². The van der Waals surface area contributed by atoms with Crippen LogP contribution in [0.25, 0.3) is 0 Å². The Hall–Kier alpha value is -3.95. The van der Waals surface area contributed by atoms with Crippen molar-refractivity contribution in [1.29, 1.82) is 0 Å². The van der Waals surface area contributed by atoms with Gasteiger partial charge in [-0.25, -0.2) is 15.0 Å². The standard InChI is InChI=1S/C23H27N7O3/c1-16-8-9-24-23(26-16)33-15-21(31)29-10-12-30(13-11-29)22-25-17(2)14-20(28-22)27-18-4-6-19(32-3)7-5-18/h4-9,14H,10-13,15H2,1-3H3,(H,25,27,28). The Morgan fingerprint density at radius 3 is 2.45 bits per heavy atom. The van der Waals surface area contributed by atoms with Gasteiger partial charge in [0.2, 0.25) is 5.95 Å². The summed E-state index contributed by atoms with van der Waals surface area (Å²) >= 11 is 0. The number of piperazine rings is 1. The van der Waals surface area contributed by atoms with Gasteiger partial charge in [0.15, 0.2) is 6.61 Å². The fraction of sp³-hybridized carbons (Fsp3) is 0.348. The molecule has 1 saturated heterocycles. The van der Waals surface area contributed by atoms with Crippen LogP contribution in [0.15, 0.2) is 42.6 Å². The van der Waals surface area contributed by atoms with E-state index in [1.54, 1.807) is 24.3 Å². The lowest BCUT2D eigenvalue weighted by Crippen LogP contribution is -2.50. The molecular weight excluding hydrogens is 422 g/mol. The average molecular weight is 450 g/mol. The molecule has 0 aliphatic carbocycles. The number of ether oxygens (including phenoxy) is 2. The Balaban J connectivity index is 1.33. The molecule has 3 heterocycles. The number of hydrogen-bond donors (Lipinski definition) is 1. The van der Waals surface area contributed by atoms with Crippen molar-refractivity contribution in [2.45, 2.75) is 13.8 Å². The first-order chi connectivity index (χ1) is 16.0. The number of nitrogens with one attached hydrogen (secondary N) is 1. The normalized spacial score (nSPS) is 13.5. The van der Waals surface area contributed by atoms with E-state index in [1.807, 2.05) is 44.2 Å². The van der Waals surface area contributed by atoms with Crippen LogP contribution in [-0.2, 0) is 4.79 Å². The fourth-order valence-electron chi connectivity index (χ4n) is 3.45. The zero-order valence-electron chi connectivity index (χ0n) is 19.0. The molecule has 0 spiro atoms. The first-order valence-electron chi connectivity index (χ1n) is 10.7. The Morgan fingerprint density at radius 1 is 1.00 bits per heavy atom. The molecule has 0 unspecified atom stereocenters. The number of amides is 1. The van der Waals surface area contributed by atoms with Crippen LogP contribution in [0.3, 0.4) is 0 Å². The number of carbonyl (C=O) groups excluding carboxylic acids is 1. The number of anilines is 3. The second-order valence-corrected chi connectivity index (χ2v) is 7.69. The van der Waals surface area contributed by atoms with E-state index in [0.29, 0.717) is 37.9 Å². The summed E-state index contributed by atoms with van der Waals surface area (Å²) in [4.78, 5) is 33.8. The molecule has 10 heteroatoms. The summed E-state index contributed by atoms with van der Waals surface area (Å²) in [6.07, 6.45) is 1.61. The van der Waals surface area contributed by atoms with Crippen LogP contribution in [0.5, 0.6) is 11.8 Å². The summed E-state index contributed by atoms with van der Waals surface area (Å²) in [7, 11) is 1.64. The molecule has 1 amide bonds. The van der Waals surface area contributed by atoms with Crippen molar-refractivity contribution < 1.29 is 14.3 Å². The molecule has 0 radical (unpaired) electrons. The number of hydrogen-bond acceptors (Lipinski definition) is 9. The Morgan fingerprint density at radius 2 is 1.76 bits per heavy atom. The van der Waals surface area contributed by atoms with Crippen molar-refractivity contribution in [2.24, 2.45) is 0 Å². The molecule has 1 aliphatic heterocycles. The monoisotopic (exact) mass is 449 g/mol. The second-order valence-electron chi connectivity index (χ2n) is 7.69. The fourth-order valence-corrected chi connectivity index (χ4v) is 3.45. The minimum absolute atomic E-state index is 0.0830. The highest BCUT2D eigenvalue weighted by Gasteiger charge is 2.23. The third kappa shape index (κ3) is 5.85. The summed E-state index contributed by atoms with van der Waals surface area (Å²) in [6, 6.07) is 11.5. The molecule has 1 N–H and O–H groups in total. The first kappa shape index (κ1) is 22.3. The molecule has 10 nitrogen and oxygen atoms in total. The Kier molecular flexibility index (Phi) is 6.82. The van der Waals surface area contributed by atoms with Gasteiger partial charge in [0.1, 0.15) is 11.6 Å². The minimum atomic E-state index is -0.0909. The van der Waals surface area contributed by atoms with Crippen LogP contribution >= 0.6 is 0 Å². The number of aryl methyl sites for hydroxylation is 2. The van der Waals surface area contributed by atoms with Gasteiger partial charge in [-0.05, 0) is 44.2 Å². The average Bonchev–Trinajstić information content (AvgIpc) is 2.83. The van der Waals surface area contributed by atoms with Crippen LogP contribution in [0, 0.1) is 13.8 Å². The molecule has 0 atom stereocenters. The van der Waals surface area contributed by atoms with Gasteiger partial charge < -0.3 is 24.6 Å². The lowest BCUT2D eigenvalue weighted by molar-refractivity contribution is -0.133. The van der Waals surface area contributed by atoms with Gasteiger partial charge in [0.25, 0.3) is 5.91 Å². The zero-order valence-corrected chi connectivity index (χ0v) is 19.0. The molecular formula is C23H27N7O3. The first-order valence-corrected chi connectivity index (χ1v) is 10.7. The van der Waals surface area contributed by atoms with Crippen LogP contribution in [0.4, 0.5) is 17.5 Å². The topological polar surface area (TPSA) is 106 Å². The van der Waals surface area contributed by atoms with Crippen molar-refractivity contribution in [1.82, 2.24) is 24.8 Å². The summed E-state index contributed by atoms with van der Waals surface area (Å²) in [5.41, 5.74) is 2.56. The zero-order chi connectivity index (χ0) is 23.2. The maximum atomic E-state index is 12.5. The Labute approximate surface area is 192 Å². The molecule has 2 aromatic heterocycles. The number of carbonyl (C=O) groups is 1. The van der Waals surface area contributed by atoms with Crippen molar-refractivity contribution in [3.05, 3.63) is 54.0 Å². The number of aromatic nitrogens is 4. The molecule has 1 aliphatic rings. The van der Waals surface area contributed by atoms with E-state index in [-0.39, 0.29) is 18.5 Å². The van der Waals surface area contributed by atoms with E-state index < -0.39 is 0 Å². The summed E-state index contributed by atoms with van der Waals surface area (Å²) in [6.45, 7) is 6.11. The number of rotatable bonds is 7. The van der Waals surface area contributed by atoms with Gasteiger partial charge >= 0.3 is 6.01 Å². The third-order valence-electron chi connectivity index (χ3n) is 5.22. The van der Waals surface area contributed by atoms with Gasteiger partial charge in [0.05, 0.1) is 7.11 Å². The maximum absolute atomic E-state index is 12.5. The highest BCUT2D eigenvalue weighted by atomic mass is 16.5. The SMILES string of the molecule is COc1ccc(Nc2cc(C)nc(N3CCN(C(=O)COc4nccc(C)n4)CC3)n2)cc1. The highest BCUT2D eigenvalue weighted by molar-refractivity contribution is 5.78. The van der Waals surface area contributed by atoms with Crippen molar-refractivity contribution in [3.8, 4) is 11.8 Å². The lowest BCUT2D eigenvalue weighted by Gasteiger charge is -2.34. The molecule has 0 saturated carbocycles. The van der Waals surface area contributed by atoms with Crippen molar-refractivity contribution in [3.63, 3.8) is 0 Å². The molecule has 0 bridgehead atoms. The van der Waals surface area contributed by atoms with E-state index >= 15 is 0 Å². The van der Waals surface area contributed by atoms with Crippen LogP contribution in [0.2, 0.25) is 0 Å². The lowest BCUT2D eigenvalue weighted by atomic mass is 10.3. The summed E-state index contributed by atoms with van der Waals surface area (Å²) in [5, 5.41) is 3.31. The predicted octanol–water partition coefficient (Wildman–Crippen LogP) is 2.36. The van der Waals surface area contributed by atoms with Crippen LogP contribution in [0.1, 0.15) is 11.4 Å². The van der Waals surface area contributed by atoms with E-state index in [9.17, 15) is 4.79 Å². The molecule has 3 aromatic rings. The molecule has 1 aromatic carbocycles. The summed E-state index contributed by atoms with van der Waals surface area (Å²) < 4.78 is 10.7. The molecule has 172 valence electrons. The van der Waals surface area contributed by atoms with E-state index in [2.05, 4.69) is 30.2 Å². The predicted molar refractivity (Wildman–Crippen MR) is 124 cm³/mol. The van der Waals surface area contributed by atoms with Gasteiger partial charge in [-0.1, -0.05) is 0 Å². The highest BCUT2D eigenvalue weighted by Crippen LogP contribution is 2.21. The maximum Gasteiger partial charge on any atom is 0.317 e. The number of benzene rings is 1. The van der Waals surface area contributed by atoms with Gasteiger partial charge in [-0.15, -0.1) is 0 Å². The van der Waals surface area contributed by atoms with Crippen molar-refractivity contribution >= 4 is 23.4 Å². The smallest absolute Gasteiger partial charge is 0.317 e. The van der Waals surface area contributed by atoms with E-state index in [4.69, 9.17) is 9.47 Å². The molecule has 33 heavy (non-hydrogen) atoms. The van der Waals surface area contributed by atoms with Gasteiger partial charge in [-0.2, -0.15) is 4.98 Å². The van der Waals surface area contributed by atoms with Gasteiger partial charge in [0, 0.05) is 55.5 Å². The largest absolute Gasteiger partial charge is 0.497 e. The molecule has 1 fully saturated rings. The van der Waals surface area contributed by atoms with Gasteiger partial charge in [-0.3, -0.25) is 4.79 Å². The third-order valence-corrected chi connectivity index (χ3v) is 5.22.